The Bertz CT molecular complexity index is 1060. The lowest BCUT2D eigenvalue weighted by Gasteiger charge is -2.28. The molecule has 1 saturated heterocycles. The number of benzene rings is 1. The number of hydrogen-bond acceptors (Lipinski definition) is 8. The minimum Gasteiger partial charge on any atom is -0.481 e. The Morgan fingerprint density at radius 1 is 1.24 bits per heavy atom. The van der Waals surface area contributed by atoms with Crippen LogP contribution in [0.5, 0.6) is 5.75 Å². The summed E-state index contributed by atoms with van der Waals surface area (Å²) in [4.78, 5) is 24.3. The summed E-state index contributed by atoms with van der Waals surface area (Å²) in [6.45, 7) is 7.78. The molecule has 0 spiro atoms. The molecule has 9 nitrogen and oxygen atoms in total. The summed E-state index contributed by atoms with van der Waals surface area (Å²) in [6, 6.07) is 9.33. The Morgan fingerprint density at radius 3 is 2.79 bits per heavy atom. The molecule has 176 valence electrons. The van der Waals surface area contributed by atoms with E-state index in [1.807, 2.05) is 41.2 Å². The SMILES string of the molecule is CCCSc1nc(N2CCOCC2)c2cnn(CCNC(=O)C(C)Oc3ccccc3)c2n1. The summed E-state index contributed by atoms with van der Waals surface area (Å²) >= 11 is 1.65. The molecule has 1 unspecified atom stereocenters. The maximum absolute atomic E-state index is 12.5. The quantitative estimate of drug-likeness (QED) is 0.357. The first-order valence-electron chi connectivity index (χ1n) is 11.3. The number of carbonyl (C=O) groups is 1. The van der Waals surface area contributed by atoms with Crippen LogP contribution in [0.25, 0.3) is 11.0 Å². The van der Waals surface area contributed by atoms with E-state index in [0.717, 1.165) is 47.3 Å². The standard InChI is InChI=1S/C23H30N6O3S/c1-3-15-33-23-26-20(28-11-13-31-14-12-28)19-16-25-29(21(19)27-23)10-9-24-22(30)17(2)32-18-7-5-4-6-8-18/h4-8,16-17H,3,9-15H2,1-2H3,(H,24,30). The number of rotatable bonds is 10. The maximum atomic E-state index is 12.5. The van der Waals surface area contributed by atoms with Gasteiger partial charge in [0.05, 0.1) is 31.3 Å². The van der Waals surface area contributed by atoms with Gasteiger partial charge in [0, 0.05) is 25.4 Å². The highest BCUT2D eigenvalue weighted by Crippen LogP contribution is 2.28. The van der Waals surface area contributed by atoms with Crippen molar-refractivity contribution >= 4 is 34.5 Å². The number of anilines is 1. The van der Waals surface area contributed by atoms with E-state index in [1.165, 1.54) is 0 Å². The summed E-state index contributed by atoms with van der Waals surface area (Å²) in [6.07, 6.45) is 2.28. The van der Waals surface area contributed by atoms with Gasteiger partial charge < -0.3 is 19.7 Å². The lowest BCUT2D eigenvalue weighted by atomic mass is 10.3. The van der Waals surface area contributed by atoms with Crippen molar-refractivity contribution in [2.24, 2.45) is 0 Å². The monoisotopic (exact) mass is 470 g/mol. The molecular formula is C23H30N6O3S. The topological polar surface area (TPSA) is 94.4 Å². The second-order valence-corrected chi connectivity index (χ2v) is 8.81. The summed E-state index contributed by atoms with van der Waals surface area (Å²) < 4.78 is 13.0. The second kappa shape index (κ2) is 11.3. The average molecular weight is 471 g/mol. The van der Waals surface area contributed by atoms with Gasteiger partial charge in [0.2, 0.25) is 0 Å². The summed E-state index contributed by atoms with van der Waals surface area (Å²) in [5, 5.41) is 9.15. The molecule has 0 saturated carbocycles. The van der Waals surface area contributed by atoms with Gasteiger partial charge in [0.25, 0.3) is 5.91 Å². The van der Waals surface area contributed by atoms with Gasteiger partial charge in [0.1, 0.15) is 11.6 Å². The highest BCUT2D eigenvalue weighted by atomic mass is 32.2. The largest absolute Gasteiger partial charge is 0.481 e. The number of aromatic nitrogens is 4. The molecule has 1 N–H and O–H groups in total. The van der Waals surface area contributed by atoms with Crippen molar-refractivity contribution < 1.29 is 14.3 Å². The smallest absolute Gasteiger partial charge is 0.260 e. The van der Waals surface area contributed by atoms with Crippen LogP contribution in [0, 0.1) is 0 Å². The van der Waals surface area contributed by atoms with E-state index in [1.54, 1.807) is 18.7 Å². The first-order chi connectivity index (χ1) is 16.2. The number of thioether (sulfide) groups is 1. The third-order valence-corrected chi connectivity index (χ3v) is 6.30. The fourth-order valence-corrected chi connectivity index (χ4v) is 4.23. The molecule has 1 aromatic carbocycles. The molecule has 10 heteroatoms. The van der Waals surface area contributed by atoms with Crippen molar-refractivity contribution in [1.82, 2.24) is 25.1 Å². The van der Waals surface area contributed by atoms with E-state index in [9.17, 15) is 4.79 Å². The van der Waals surface area contributed by atoms with Crippen molar-refractivity contribution in [2.75, 3.05) is 43.5 Å². The molecular weight excluding hydrogens is 440 g/mol. The van der Waals surface area contributed by atoms with E-state index in [2.05, 4.69) is 22.2 Å². The zero-order chi connectivity index (χ0) is 23.0. The number of ether oxygens (including phenoxy) is 2. The van der Waals surface area contributed by atoms with Crippen molar-refractivity contribution in [2.45, 2.75) is 38.1 Å². The molecule has 1 fully saturated rings. The molecule has 0 radical (unpaired) electrons. The Balaban J connectivity index is 1.44. The van der Waals surface area contributed by atoms with Crippen LogP contribution in [-0.2, 0) is 16.1 Å². The van der Waals surface area contributed by atoms with Gasteiger partial charge in [-0.05, 0) is 25.5 Å². The number of fused-ring (bicyclic) bond motifs is 1. The Kier molecular flexibility index (Phi) is 8.01. The highest BCUT2D eigenvalue weighted by molar-refractivity contribution is 7.99. The Morgan fingerprint density at radius 2 is 2.03 bits per heavy atom. The van der Waals surface area contributed by atoms with E-state index in [-0.39, 0.29) is 5.91 Å². The number of carbonyl (C=O) groups excluding carboxylic acids is 1. The normalized spacial score (nSPS) is 14.9. The third-order valence-electron chi connectivity index (χ3n) is 5.25. The van der Waals surface area contributed by atoms with E-state index >= 15 is 0 Å². The highest BCUT2D eigenvalue weighted by Gasteiger charge is 2.20. The van der Waals surface area contributed by atoms with Gasteiger partial charge in [0.15, 0.2) is 16.9 Å². The van der Waals surface area contributed by atoms with Gasteiger partial charge in [-0.15, -0.1) is 0 Å². The van der Waals surface area contributed by atoms with Crippen molar-refractivity contribution in [1.29, 1.82) is 0 Å². The van der Waals surface area contributed by atoms with Gasteiger partial charge >= 0.3 is 0 Å². The van der Waals surface area contributed by atoms with Gasteiger partial charge in [-0.2, -0.15) is 5.10 Å². The maximum Gasteiger partial charge on any atom is 0.260 e. The van der Waals surface area contributed by atoms with Crippen molar-refractivity contribution in [3.05, 3.63) is 36.5 Å². The number of para-hydroxylation sites is 1. The second-order valence-electron chi connectivity index (χ2n) is 7.75. The third kappa shape index (κ3) is 5.94. The van der Waals surface area contributed by atoms with Crippen LogP contribution in [0.1, 0.15) is 20.3 Å². The molecule has 1 amide bonds. The predicted molar refractivity (Wildman–Crippen MR) is 129 cm³/mol. The van der Waals surface area contributed by atoms with Crippen LogP contribution < -0.4 is 15.0 Å². The van der Waals surface area contributed by atoms with Crippen LogP contribution in [0.4, 0.5) is 5.82 Å². The Labute approximate surface area is 197 Å². The molecule has 0 bridgehead atoms. The van der Waals surface area contributed by atoms with Crippen LogP contribution in [-0.4, -0.2) is 70.4 Å². The number of nitrogens with one attached hydrogen (secondary N) is 1. The predicted octanol–water partition coefficient (Wildman–Crippen LogP) is 2.75. The van der Waals surface area contributed by atoms with E-state index in [4.69, 9.17) is 19.4 Å². The minimum absolute atomic E-state index is 0.168. The van der Waals surface area contributed by atoms with Gasteiger partial charge in [-0.25, -0.2) is 14.6 Å². The number of morpholine rings is 1. The first kappa shape index (κ1) is 23.3. The minimum atomic E-state index is -0.589. The van der Waals surface area contributed by atoms with Crippen LogP contribution in [0.2, 0.25) is 0 Å². The lowest BCUT2D eigenvalue weighted by molar-refractivity contribution is -0.127. The number of nitrogens with zero attached hydrogens (tertiary/aromatic N) is 5. The number of hydrogen-bond donors (Lipinski definition) is 1. The number of amides is 1. The molecule has 1 aliphatic rings. The zero-order valence-electron chi connectivity index (χ0n) is 19.1. The molecule has 3 heterocycles. The van der Waals surface area contributed by atoms with Crippen LogP contribution >= 0.6 is 11.8 Å². The molecule has 1 aliphatic heterocycles. The van der Waals surface area contributed by atoms with Crippen LogP contribution in [0.15, 0.2) is 41.7 Å². The van der Waals surface area contributed by atoms with Gasteiger partial charge in [-0.1, -0.05) is 36.9 Å². The molecule has 1 atom stereocenters. The zero-order valence-corrected chi connectivity index (χ0v) is 19.9. The van der Waals surface area contributed by atoms with Crippen LogP contribution in [0.3, 0.4) is 0 Å². The Hall–Kier alpha value is -2.85. The molecule has 2 aromatic heterocycles. The lowest BCUT2D eigenvalue weighted by Crippen LogP contribution is -2.38. The fourth-order valence-electron chi connectivity index (χ4n) is 3.54. The summed E-state index contributed by atoms with van der Waals surface area (Å²) in [7, 11) is 0. The fraction of sp³-hybridized carbons (Fsp3) is 0.478. The van der Waals surface area contributed by atoms with E-state index < -0.39 is 6.10 Å². The summed E-state index contributed by atoms with van der Waals surface area (Å²) in [5.41, 5.74) is 0.785. The molecule has 3 aromatic rings. The molecule has 33 heavy (non-hydrogen) atoms. The molecule has 0 aliphatic carbocycles. The van der Waals surface area contributed by atoms with Crippen molar-refractivity contribution in [3.8, 4) is 5.75 Å². The van der Waals surface area contributed by atoms with E-state index in [0.29, 0.717) is 32.1 Å². The van der Waals surface area contributed by atoms with Gasteiger partial charge in [-0.3, -0.25) is 4.79 Å². The summed E-state index contributed by atoms with van der Waals surface area (Å²) in [5.74, 6) is 2.36. The molecule has 4 rings (SSSR count). The first-order valence-corrected chi connectivity index (χ1v) is 12.3. The average Bonchev–Trinajstić information content (AvgIpc) is 3.26. The van der Waals surface area contributed by atoms with Crippen molar-refractivity contribution in [3.63, 3.8) is 0 Å².